The molecule has 1 aromatic rings. The molecule has 3 atom stereocenters. The monoisotopic (exact) mass is 353 g/mol. The molecule has 1 aliphatic heterocycles. The summed E-state index contributed by atoms with van der Waals surface area (Å²) in [5, 5.41) is 12.5. The van der Waals surface area contributed by atoms with Crippen LogP contribution in [0.2, 0.25) is 0 Å². The van der Waals surface area contributed by atoms with Gasteiger partial charge in [0, 0.05) is 12.5 Å². The average Bonchev–Trinajstić information content (AvgIpc) is 2.85. The molecule has 0 bridgehead atoms. The van der Waals surface area contributed by atoms with Crippen molar-refractivity contribution in [3.63, 3.8) is 0 Å². The van der Waals surface area contributed by atoms with Crippen molar-refractivity contribution in [3.05, 3.63) is 35.9 Å². The number of aliphatic hydroxyl groups excluding tert-OH is 1. The molecule has 140 valence electrons. The number of unbranched alkanes of at least 4 members (excludes halogenated alkanes) is 2. The molecule has 1 aliphatic rings. The Bertz CT molecular complexity index is 536. The van der Waals surface area contributed by atoms with Gasteiger partial charge in [-0.05, 0) is 43.6 Å². The van der Waals surface area contributed by atoms with Crippen molar-refractivity contribution >= 4 is 5.91 Å². The van der Waals surface area contributed by atoms with Gasteiger partial charge < -0.3 is 10.4 Å². The maximum Gasteiger partial charge on any atom is 0.326 e. The Labute approximate surface area is 148 Å². The molecular weight excluding hydrogens is 324 g/mol. The number of hydrogen-bond acceptors (Lipinski definition) is 2. The smallest absolute Gasteiger partial charge is 0.326 e. The average molecular weight is 353 g/mol. The summed E-state index contributed by atoms with van der Waals surface area (Å²) in [5.74, 6) is -4.28. The second-order valence-electron chi connectivity index (χ2n) is 7.29. The Morgan fingerprint density at radius 3 is 2.56 bits per heavy atom. The van der Waals surface area contributed by atoms with Crippen LogP contribution >= 0.6 is 0 Å². The molecule has 0 aliphatic carbocycles. The molecule has 2 N–H and O–H groups in total. The second-order valence-corrected chi connectivity index (χ2v) is 7.29. The summed E-state index contributed by atoms with van der Waals surface area (Å²) in [5.41, 5.74) is 1.35. The molecule has 25 heavy (non-hydrogen) atoms. The molecule has 1 amide bonds. The summed E-state index contributed by atoms with van der Waals surface area (Å²) in [6, 6.07) is 9.88. The molecule has 0 radical (unpaired) electrons. The molecule has 5 heteroatoms. The molecule has 0 saturated carbocycles. The first-order valence-electron chi connectivity index (χ1n) is 9.29. The summed E-state index contributed by atoms with van der Waals surface area (Å²) in [6.45, 7) is 2.00. The molecule has 1 saturated heterocycles. The van der Waals surface area contributed by atoms with Gasteiger partial charge in [-0.15, -0.1) is 0 Å². The maximum atomic E-state index is 13.2. The van der Waals surface area contributed by atoms with Gasteiger partial charge in [0.1, 0.15) is 0 Å². The summed E-state index contributed by atoms with van der Waals surface area (Å²) in [7, 11) is 0. The highest BCUT2D eigenvalue weighted by molar-refractivity contribution is 5.85. The molecule has 0 aromatic heterocycles. The van der Waals surface area contributed by atoms with E-state index in [1.807, 2.05) is 13.0 Å². The molecule has 2 rings (SSSR count). The van der Waals surface area contributed by atoms with Crippen LogP contribution in [0.5, 0.6) is 0 Å². The Hall–Kier alpha value is -1.49. The number of aliphatic hydroxyl groups is 1. The van der Waals surface area contributed by atoms with Crippen LogP contribution < -0.4 is 5.32 Å². The zero-order valence-corrected chi connectivity index (χ0v) is 14.9. The van der Waals surface area contributed by atoms with Gasteiger partial charge in [0.05, 0.1) is 6.10 Å². The predicted octanol–water partition coefficient (Wildman–Crippen LogP) is 4.09. The van der Waals surface area contributed by atoms with Crippen LogP contribution in [-0.4, -0.2) is 29.1 Å². The summed E-state index contributed by atoms with van der Waals surface area (Å²) >= 11 is 0. The van der Waals surface area contributed by atoms with Crippen molar-refractivity contribution < 1.29 is 18.7 Å². The number of carbonyl (C=O) groups excluding carboxylic acids is 1. The molecule has 1 fully saturated rings. The number of aryl methyl sites for hydroxylation is 1. The van der Waals surface area contributed by atoms with Gasteiger partial charge >= 0.3 is 5.92 Å². The summed E-state index contributed by atoms with van der Waals surface area (Å²) < 4.78 is 26.3. The van der Waals surface area contributed by atoms with E-state index in [1.165, 1.54) is 5.56 Å². The Morgan fingerprint density at radius 1 is 1.20 bits per heavy atom. The number of carbonyl (C=O) groups is 1. The topological polar surface area (TPSA) is 49.3 Å². The number of halogens is 2. The first-order chi connectivity index (χ1) is 11.9. The van der Waals surface area contributed by atoms with Gasteiger partial charge in [-0.1, -0.05) is 50.1 Å². The molecule has 1 aromatic carbocycles. The minimum atomic E-state index is -3.25. The van der Waals surface area contributed by atoms with Gasteiger partial charge in [0.15, 0.2) is 0 Å². The minimum absolute atomic E-state index is 0.148. The fraction of sp³-hybridized carbons (Fsp3) is 0.650. The quantitative estimate of drug-likeness (QED) is 0.623. The second kappa shape index (κ2) is 9.27. The third-order valence-corrected chi connectivity index (χ3v) is 5.11. The molecule has 0 unspecified atom stereocenters. The van der Waals surface area contributed by atoms with E-state index in [-0.39, 0.29) is 5.92 Å². The fourth-order valence-electron chi connectivity index (χ4n) is 3.38. The van der Waals surface area contributed by atoms with Gasteiger partial charge in [-0.25, -0.2) is 0 Å². The first-order valence-corrected chi connectivity index (χ1v) is 9.29. The lowest BCUT2D eigenvalue weighted by Crippen LogP contribution is -2.31. The highest BCUT2D eigenvalue weighted by Gasteiger charge is 2.47. The van der Waals surface area contributed by atoms with Gasteiger partial charge in [0.2, 0.25) is 0 Å². The Balaban J connectivity index is 1.56. The highest BCUT2D eigenvalue weighted by atomic mass is 19.3. The van der Waals surface area contributed by atoms with Crippen LogP contribution in [0, 0.1) is 5.92 Å². The SMILES string of the molecule is C[C@H](CCCCCc1ccccc1)[C@H](O)CC[C@H]1CC(F)(F)C(=O)N1. The summed E-state index contributed by atoms with van der Waals surface area (Å²) in [4.78, 5) is 11.1. The van der Waals surface area contributed by atoms with Gasteiger partial charge in [-0.2, -0.15) is 8.78 Å². The van der Waals surface area contributed by atoms with Crippen molar-refractivity contribution in [2.45, 2.75) is 76.4 Å². The zero-order chi connectivity index (χ0) is 18.3. The zero-order valence-electron chi connectivity index (χ0n) is 14.9. The van der Waals surface area contributed by atoms with E-state index < -0.39 is 30.4 Å². The highest BCUT2D eigenvalue weighted by Crippen LogP contribution is 2.29. The fourth-order valence-corrected chi connectivity index (χ4v) is 3.38. The third kappa shape index (κ3) is 6.38. The molecule has 3 nitrogen and oxygen atoms in total. The van der Waals surface area contributed by atoms with Crippen molar-refractivity contribution in [2.75, 3.05) is 0 Å². The van der Waals surface area contributed by atoms with Gasteiger partial charge in [-0.3, -0.25) is 4.79 Å². The molecular formula is C20H29F2NO2. The van der Waals surface area contributed by atoms with Crippen LogP contribution in [0.25, 0.3) is 0 Å². The van der Waals surface area contributed by atoms with Crippen LogP contribution in [0.15, 0.2) is 30.3 Å². The molecule has 1 heterocycles. The Morgan fingerprint density at radius 2 is 1.92 bits per heavy atom. The van der Waals surface area contributed by atoms with Crippen LogP contribution in [-0.2, 0) is 11.2 Å². The number of benzene rings is 1. The Kier molecular flexibility index (Phi) is 7.36. The van der Waals surface area contributed by atoms with E-state index in [0.29, 0.717) is 12.8 Å². The van der Waals surface area contributed by atoms with Gasteiger partial charge in [0.25, 0.3) is 5.91 Å². The third-order valence-electron chi connectivity index (χ3n) is 5.11. The van der Waals surface area contributed by atoms with Crippen molar-refractivity contribution in [1.82, 2.24) is 5.32 Å². The lowest BCUT2D eigenvalue weighted by atomic mass is 9.92. The van der Waals surface area contributed by atoms with E-state index in [0.717, 1.165) is 32.1 Å². The number of rotatable bonds is 10. The number of alkyl halides is 2. The van der Waals surface area contributed by atoms with Crippen molar-refractivity contribution in [1.29, 1.82) is 0 Å². The van der Waals surface area contributed by atoms with E-state index in [1.54, 1.807) is 0 Å². The normalized spacial score (nSPS) is 21.8. The van der Waals surface area contributed by atoms with Crippen LogP contribution in [0.4, 0.5) is 8.78 Å². The van der Waals surface area contributed by atoms with E-state index in [2.05, 4.69) is 29.6 Å². The van der Waals surface area contributed by atoms with E-state index in [4.69, 9.17) is 0 Å². The number of amides is 1. The minimum Gasteiger partial charge on any atom is -0.393 e. The largest absolute Gasteiger partial charge is 0.393 e. The maximum absolute atomic E-state index is 13.2. The predicted molar refractivity (Wildman–Crippen MR) is 94.5 cm³/mol. The van der Waals surface area contributed by atoms with E-state index >= 15 is 0 Å². The summed E-state index contributed by atoms with van der Waals surface area (Å²) in [6.07, 6.45) is 5.23. The van der Waals surface area contributed by atoms with E-state index in [9.17, 15) is 18.7 Å². The lowest BCUT2D eigenvalue weighted by molar-refractivity contribution is -0.139. The number of hydrogen-bond donors (Lipinski definition) is 2. The van der Waals surface area contributed by atoms with Crippen LogP contribution in [0.3, 0.4) is 0 Å². The van der Waals surface area contributed by atoms with Crippen LogP contribution in [0.1, 0.15) is 57.4 Å². The number of nitrogens with one attached hydrogen (secondary N) is 1. The standard InChI is InChI=1S/C20H29F2NO2/c1-15(8-4-2-5-9-16-10-6-3-7-11-16)18(24)13-12-17-14-20(21,22)19(25)23-17/h3,6-7,10-11,15,17-18,24H,2,4-5,8-9,12-14H2,1H3,(H,23,25)/t15-,17+,18-/m1/s1. The van der Waals surface area contributed by atoms with Crippen molar-refractivity contribution in [3.8, 4) is 0 Å². The van der Waals surface area contributed by atoms with Crippen molar-refractivity contribution in [2.24, 2.45) is 5.92 Å². The lowest BCUT2D eigenvalue weighted by Gasteiger charge is -2.20. The molecule has 0 spiro atoms. The first kappa shape index (κ1) is 19.8.